The number of hydrogen-bond donors (Lipinski definition) is 4. The third-order valence-electron chi connectivity index (χ3n) is 3.61. The van der Waals surface area contributed by atoms with Gasteiger partial charge in [-0.25, -0.2) is 0 Å². The maximum atomic E-state index is 11.8. The molecule has 0 aromatic heterocycles. The summed E-state index contributed by atoms with van der Waals surface area (Å²) in [6.45, 7) is -0.0250. The number of rotatable bonds is 5. The molecule has 4 N–H and O–H groups in total. The Morgan fingerprint density at radius 1 is 1.22 bits per heavy atom. The van der Waals surface area contributed by atoms with Crippen molar-refractivity contribution in [1.82, 2.24) is 5.32 Å². The zero-order valence-corrected chi connectivity index (χ0v) is 12.7. The second-order valence-corrected chi connectivity index (χ2v) is 5.24. The average Bonchev–Trinajstić information content (AvgIpc) is 2.58. The largest absolute Gasteiger partial charge is 0.388 e. The van der Waals surface area contributed by atoms with Gasteiger partial charge >= 0.3 is 0 Å². The molecule has 5 atom stereocenters. The normalized spacial score (nSPS) is 31.2. The van der Waals surface area contributed by atoms with Crippen LogP contribution in [0.2, 0.25) is 0 Å². The molecular weight excluding hydrogens is 302 g/mol. The quantitative estimate of drug-likeness (QED) is 0.532. The van der Waals surface area contributed by atoms with Crippen LogP contribution in [0.3, 0.4) is 0 Å². The van der Waals surface area contributed by atoms with Gasteiger partial charge in [-0.3, -0.25) is 4.79 Å². The lowest BCUT2D eigenvalue weighted by atomic mass is 9.99. The van der Waals surface area contributed by atoms with E-state index in [0.717, 1.165) is 5.56 Å². The van der Waals surface area contributed by atoms with Gasteiger partial charge in [0, 0.05) is 19.7 Å². The molecule has 1 saturated heterocycles. The monoisotopic (exact) mass is 323 g/mol. The maximum Gasteiger partial charge on any atom is 0.244 e. The molecule has 7 nitrogen and oxygen atoms in total. The Labute approximate surface area is 134 Å². The van der Waals surface area contributed by atoms with Gasteiger partial charge < -0.3 is 30.1 Å². The summed E-state index contributed by atoms with van der Waals surface area (Å²) in [6, 6.07) is 9.32. The zero-order valence-electron chi connectivity index (χ0n) is 12.7. The molecule has 1 aromatic rings. The van der Waals surface area contributed by atoms with Crippen molar-refractivity contribution >= 4 is 12.0 Å². The van der Waals surface area contributed by atoms with Crippen LogP contribution in [0.25, 0.3) is 6.08 Å². The molecule has 1 aliphatic rings. The minimum atomic E-state index is -1.41. The van der Waals surface area contributed by atoms with E-state index >= 15 is 0 Å². The highest BCUT2D eigenvalue weighted by molar-refractivity contribution is 5.91. The van der Waals surface area contributed by atoms with Crippen LogP contribution < -0.4 is 5.32 Å². The fraction of sp³-hybridized carbons (Fsp3) is 0.438. The van der Waals surface area contributed by atoms with Gasteiger partial charge in [-0.15, -0.1) is 0 Å². The zero-order chi connectivity index (χ0) is 16.8. The minimum absolute atomic E-state index is 0.0250. The van der Waals surface area contributed by atoms with E-state index < -0.39 is 30.7 Å². The van der Waals surface area contributed by atoms with E-state index in [4.69, 9.17) is 9.47 Å². The Hall–Kier alpha value is -1.77. The molecule has 23 heavy (non-hydrogen) atoms. The first-order valence-corrected chi connectivity index (χ1v) is 7.26. The fourth-order valence-electron chi connectivity index (χ4n) is 2.28. The van der Waals surface area contributed by atoms with Gasteiger partial charge in [0.15, 0.2) is 6.29 Å². The number of carbonyl (C=O) groups excluding carboxylic acids is 1. The van der Waals surface area contributed by atoms with E-state index in [2.05, 4.69) is 5.32 Å². The predicted octanol–water partition coefficient (Wildman–Crippen LogP) is -0.730. The Morgan fingerprint density at radius 3 is 2.57 bits per heavy atom. The molecule has 1 heterocycles. The van der Waals surface area contributed by atoms with Crippen LogP contribution in [0, 0.1) is 0 Å². The highest BCUT2D eigenvalue weighted by Crippen LogP contribution is 2.21. The standard InChI is InChI=1S/C16H21NO6/c1-22-16-15(21)14(20)13(19)11(23-16)9-17-12(18)8-7-10-5-3-2-4-6-10/h2-8,11,13-16,19-21H,9H2,1H3,(H,17,18)/b8-7+/t11-,13-,14+,15+,16+/m1/s1. The Bertz CT molecular complexity index is 533. The molecule has 1 aromatic carbocycles. The van der Waals surface area contributed by atoms with Gasteiger partial charge in [0.2, 0.25) is 5.91 Å². The molecule has 0 aliphatic carbocycles. The van der Waals surface area contributed by atoms with Crippen LogP contribution in [0.15, 0.2) is 36.4 Å². The van der Waals surface area contributed by atoms with Crippen LogP contribution in [0.1, 0.15) is 5.56 Å². The van der Waals surface area contributed by atoms with Crippen molar-refractivity contribution in [2.75, 3.05) is 13.7 Å². The number of ether oxygens (including phenoxy) is 2. The van der Waals surface area contributed by atoms with Crippen LogP contribution in [-0.2, 0) is 14.3 Å². The SMILES string of the molecule is CO[C@H]1O[C@H](CNC(=O)/C=C/c2ccccc2)[C@@H](O)[C@H](O)[C@@H]1O. The Kier molecular flexibility index (Phi) is 6.26. The lowest BCUT2D eigenvalue weighted by Crippen LogP contribution is -2.60. The highest BCUT2D eigenvalue weighted by Gasteiger charge is 2.43. The predicted molar refractivity (Wildman–Crippen MR) is 82.2 cm³/mol. The third kappa shape index (κ3) is 4.60. The molecule has 2 rings (SSSR count). The van der Waals surface area contributed by atoms with E-state index in [1.165, 1.54) is 13.2 Å². The van der Waals surface area contributed by atoms with Crippen molar-refractivity contribution < 1.29 is 29.6 Å². The molecule has 0 bridgehead atoms. The van der Waals surface area contributed by atoms with Crippen molar-refractivity contribution in [3.63, 3.8) is 0 Å². The fourth-order valence-corrected chi connectivity index (χ4v) is 2.28. The number of aliphatic hydroxyl groups excluding tert-OH is 3. The van der Waals surface area contributed by atoms with Gasteiger partial charge in [0.05, 0.1) is 0 Å². The summed E-state index contributed by atoms with van der Waals surface area (Å²) < 4.78 is 10.2. The summed E-state index contributed by atoms with van der Waals surface area (Å²) >= 11 is 0. The molecule has 126 valence electrons. The number of carbonyl (C=O) groups is 1. The number of aliphatic hydroxyl groups is 3. The summed E-state index contributed by atoms with van der Waals surface area (Å²) in [5, 5.41) is 31.9. The van der Waals surface area contributed by atoms with Gasteiger partial charge in [-0.05, 0) is 11.6 Å². The highest BCUT2D eigenvalue weighted by atomic mass is 16.7. The van der Waals surface area contributed by atoms with E-state index in [-0.39, 0.29) is 12.5 Å². The molecular formula is C16H21NO6. The van der Waals surface area contributed by atoms with Crippen molar-refractivity contribution in [2.45, 2.75) is 30.7 Å². The summed E-state index contributed by atoms with van der Waals surface area (Å²) in [7, 11) is 1.32. The molecule has 1 amide bonds. The summed E-state index contributed by atoms with van der Waals surface area (Å²) in [4.78, 5) is 11.8. The smallest absolute Gasteiger partial charge is 0.244 e. The third-order valence-corrected chi connectivity index (χ3v) is 3.61. The van der Waals surface area contributed by atoms with Gasteiger partial charge in [-0.2, -0.15) is 0 Å². The van der Waals surface area contributed by atoms with Crippen LogP contribution in [-0.4, -0.2) is 65.6 Å². The molecule has 0 radical (unpaired) electrons. The summed E-state index contributed by atoms with van der Waals surface area (Å²) in [5.41, 5.74) is 0.884. The number of benzene rings is 1. The van der Waals surface area contributed by atoms with Gasteiger partial charge in [-0.1, -0.05) is 30.3 Å². The van der Waals surface area contributed by atoms with Gasteiger partial charge in [0.1, 0.15) is 24.4 Å². The lowest BCUT2D eigenvalue weighted by Gasteiger charge is -2.39. The van der Waals surface area contributed by atoms with Crippen molar-refractivity contribution in [2.24, 2.45) is 0 Å². The molecule has 1 aliphatic heterocycles. The van der Waals surface area contributed by atoms with Crippen molar-refractivity contribution in [3.8, 4) is 0 Å². The molecule has 1 fully saturated rings. The molecule has 0 saturated carbocycles. The number of methoxy groups -OCH3 is 1. The van der Waals surface area contributed by atoms with Crippen molar-refractivity contribution in [1.29, 1.82) is 0 Å². The number of hydrogen-bond acceptors (Lipinski definition) is 6. The lowest BCUT2D eigenvalue weighted by molar-refractivity contribution is -0.288. The first kappa shape index (κ1) is 17.6. The van der Waals surface area contributed by atoms with Crippen LogP contribution in [0.5, 0.6) is 0 Å². The summed E-state index contributed by atoms with van der Waals surface area (Å²) in [5.74, 6) is -0.362. The molecule has 0 spiro atoms. The van der Waals surface area contributed by atoms with Gasteiger partial charge in [0.25, 0.3) is 0 Å². The molecule has 7 heteroatoms. The topological polar surface area (TPSA) is 108 Å². The van der Waals surface area contributed by atoms with E-state index in [1.54, 1.807) is 6.08 Å². The van der Waals surface area contributed by atoms with Crippen LogP contribution >= 0.6 is 0 Å². The molecule has 0 unspecified atom stereocenters. The minimum Gasteiger partial charge on any atom is -0.388 e. The van der Waals surface area contributed by atoms with E-state index in [9.17, 15) is 20.1 Å². The first-order valence-electron chi connectivity index (χ1n) is 7.26. The second-order valence-electron chi connectivity index (χ2n) is 5.24. The average molecular weight is 323 g/mol. The number of amides is 1. The summed E-state index contributed by atoms with van der Waals surface area (Å²) in [6.07, 6.45) is -3.00. The van der Waals surface area contributed by atoms with E-state index in [1.807, 2.05) is 30.3 Å². The van der Waals surface area contributed by atoms with Crippen molar-refractivity contribution in [3.05, 3.63) is 42.0 Å². The second kappa shape index (κ2) is 8.19. The maximum absolute atomic E-state index is 11.8. The van der Waals surface area contributed by atoms with Crippen LogP contribution in [0.4, 0.5) is 0 Å². The Morgan fingerprint density at radius 2 is 1.91 bits per heavy atom. The first-order chi connectivity index (χ1) is 11.0. The number of nitrogens with one attached hydrogen (secondary N) is 1. The van der Waals surface area contributed by atoms with E-state index in [0.29, 0.717) is 0 Å². The Balaban J connectivity index is 1.87.